The van der Waals surface area contributed by atoms with Crippen LogP contribution in [0.5, 0.6) is 0 Å². The highest BCUT2D eigenvalue weighted by atomic mass is 32.2. The van der Waals surface area contributed by atoms with Crippen LogP contribution in [0.1, 0.15) is 32.6 Å². The molecule has 0 aromatic carbocycles. The Morgan fingerprint density at radius 1 is 1.33 bits per heavy atom. The minimum Gasteiger partial charge on any atom is -0.312 e. The van der Waals surface area contributed by atoms with Crippen molar-refractivity contribution in [3.05, 3.63) is 0 Å². The summed E-state index contributed by atoms with van der Waals surface area (Å²) in [6.07, 6.45) is 5.57. The number of nitrogens with zero attached hydrogens (tertiary/aromatic N) is 1. The van der Waals surface area contributed by atoms with E-state index in [2.05, 4.69) is 28.9 Å². The van der Waals surface area contributed by atoms with Gasteiger partial charge in [0.25, 0.3) is 0 Å². The normalized spacial score (nSPS) is 31.0. The smallest absolute Gasteiger partial charge is 0.0250 e. The largest absolute Gasteiger partial charge is 0.312 e. The van der Waals surface area contributed by atoms with Crippen molar-refractivity contribution >= 4 is 11.8 Å². The Hall–Kier alpha value is 0.270. The second kappa shape index (κ2) is 6.12. The highest BCUT2D eigenvalue weighted by Crippen LogP contribution is 2.27. The molecule has 0 aromatic rings. The molecule has 2 rings (SSSR count). The van der Waals surface area contributed by atoms with E-state index >= 15 is 0 Å². The fourth-order valence-electron chi connectivity index (χ4n) is 2.93. The van der Waals surface area contributed by atoms with Crippen molar-refractivity contribution in [2.75, 3.05) is 31.1 Å². The van der Waals surface area contributed by atoms with E-state index in [0.717, 1.165) is 12.1 Å². The van der Waals surface area contributed by atoms with Crippen molar-refractivity contribution in [3.8, 4) is 0 Å². The van der Waals surface area contributed by atoms with Gasteiger partial charge in [-0.05, 0) is 50.3 Å². The van der Waals surface area contributed by atoms with E-state index in [0.29, 0.717) is 0 Å². The first-order valence-corrected chi connectivity index (χ1v) is 7.62. The highest BCUT2D eigenvalue weighted by Gasteiger charge is 2.36. The molecular formula is C12H24N2S. The van der Waals surface area contributed by atoms with Gasteiger partial charge in [0.15, 0.2) is 0 Å². The maximum atomic E-state index is 3.76. The molecule has 88 valence electrons. The third kappa shape index (κ3) is 3.11. The Kier molecular flexibility index (Phi) is 4.79. The van der Waals surface area contributed by atoms with Gasteiger partial charge in [0.1, 0.15) is 0 Å². The Bertz CT molecular complexity index is 186. The zero-order chi connectivity index (χ0) is 10.5. The molecule has 0 spiro atoms. The maximum absolute atomic E-state index is 3.76. The molecule has 0 aliphatic carbocycles. The number of thioether (sulfide) groups is 1. The van der Waals surface area contributed by atoms with Crippen LogP contribution in [0.15, 0.2) is 0 Å². The number of nitrogens with one attached hydrogen (secondary N) is 1. The molecule has 2 unspecified atom stereocenters. The molecule has 15 heavy (non-hydrogen) atoms. The van der Waals surface area contributed by atoms with Crippen LogP contribution in [-0.4, -0.2) is 48.1 Å². The number of hydrogen-bond donors (Lipinski definition) is 1. The lowest BCUT2D eigenvalue weighted by Crippen LogP contribution is -2.39. The van der Waals surface area contributed by atoms with E-state index in [-0.39, 0.29) is 0 Å². The highest BCUT2D eigenvalue weighted by molar-refractivity contribution is 7.99. The van der Waals surface area contributed by atoms with Crippen LogP contribution in [-0.2, 0) is 0 Å². The maximum Gasteiger partial charge on any atom is 0.0250 e. The van der Waals surface area contributed by atoms with Crippen LogP contribution in [0.3, 0.4) is 0 Å². The van der Waals surface area contributed by atoms with E-state index in [1.807, 2.05) is 0 Å². The molecule has 2 aliphatic rings. The summed E-state index contributed by atoms with van der Waals surface area (Å²) in [5.41, 5.74) is 0. The summed E-state index contributed by atoms with van der Waals surface area (Å²) in [6.45, 7) is 6.16. The first-order chi connectivity index (χ1) is 7.42. The fraction of sp³-hybridized carbons (Fsp3) is 1.00. The van der Waals surface area contributed by atoms with Gasteiger partial charge < -0.3 is 5.32 Å². The van der Waals surface area contributed by atoms with E-state index in [4.69, 9.17) is 0 Å². The first-order valence-electron chi connectivity index (χ1n) is 6.47. The minimum atomic E-state index is 0.805. The molecule has 0 bridgehead atoms. The average Bonchev–Trinajstić information content (AvgIpc) is 2.81. The van der Waals surface area contributed by atoms with Crippen molar-refractivity contribution in [3.63, 3.8) is 0 Å². The molecule has 2 fully saturated rings. The monoisotopic (exact) mass is 228 g/mol. The third-order valence-electron chi connectivity index (χ3n) is 3.68. The molecule has 3 heteroatoms. The molecule has 0 radical (unpaired) electrons. The first kappa shape index (κ1) is 11.7. The summed E-state index contributed by atoms with van der Waals surface area (Å²) in [4.78, 5) is 2.68. The van der Waals surface area contributed by atoms with Crippen molar-refractivity contribution in [2.45, 2.75) is 44.7 Å². The zero-order valence-electron chi connectivity index (χ0n) is 9.87. The molecule has 2 aliphatic heterocycles. The van der Waals surface area contributed by atoms with Crippen LogP contribution in [0.2, 0.25) is 0 Å². The van der Waals surface area contributed by atoms with Gasteiger partial charge in [0.05, 0.1) is 0 Å². The molecule has 2 atom stereocenters. The Labute approximate surface area is 98.2 Å². The molecule has 0 saturated carbocycles. The molecular weight excluding hydrogens is 204 g/mol. The summed E-state index contributed by atoms with van der Waals surface area (Å²) in [5.74, 6) is 2.59. The minimum absolute atomic E-state index is 0.805. The van der Waals surface area contributed by atoms with Crippen LogP contribution in [0, 0.1) is 0 Å². The predicted molar refractivity (Wildman–Crippen MR) is 68.6 cm³/mol. The lowest BCUT2D eigenvalue weighted by atomic mass is 10.1. The molecule has 1 N–H and O–H groups in total. The summed E-state index contributed by atoms with van der Waals surface area (Å²) in [6, 6.07) is 1.68. The summed E-state index contributed by atoms with van der Waals surface area (Å²) < 4.78 is 0. The van der Waals surface area contributed by atoms with Crippen LogP contribution in [0.25, 0.3) is 0 Å². The van der Waals surface area contributed by atoms with Gasteiger partial charge >= 0.3 is 0 Å². The number of fused-ring (bicyclic) bond motifs is 1. The van der Waals surface area contributed by atoms with Gasteiger partial charge in [-0.15, -0.1) is 0 Å². The Morgan fingerprint density at radius 3 is 3.13 bits per heavy atom. The summed E-state index contributed by atoms with van der Waals surface area (Å²) in [7, 11) is 0. The van der Waals surface area contributed by atoms with Crippen LogP contribution < -0.4 is 5.32 Å². The van der Waals surface area contributed by atoms with Crippen molar-refractivity contribution in [1.29, 1.82) is 0 Å². The second-order valence-electron chi connectivity index (χ2n) is 4.65. The van der Waals surface area contributed by atoms with Gasteiger partial charge in [0, 0.05) is 18.6 Å². The number of rotatable bonds is 6. The van der Waals surface area contributed by atoms with Gasteiger partial charge in [0.2, 0.25) is 0 Å². The van der Waals surface area contributed by atoms with Crippen molar-refractivity contribution < 1.29 is 0 Å². The molecule has 0 amide bonds. The lowest BCUT2D eigenvalue weighted by Gasteiger charge is -2.21. The number of hydrogen-bond acceptors (Lipinski definition) is 3. The quantitative estimate of drug-likeness (QED) is 0.700. The third-order valence-corrected chi connectivity index (χ3v) is 4.67. The second-order valence-corrected chi connectivity index (χ2v) is 6.04. The van der Waals surface area contributed by atoms with E-state index in [1.165, 1.54) is 56.8 Å². The van der Waals surface area contributed by atoms with Crippen molar-refractivity contribution in [2.24, 2.45) is 0 Å². The molecule has 2 saturated heterocycles. The molecule has 0 aromatic heterocycles. The molecule has 2 heterocycles. The fourth-order valence-corrected chi connectivity index (χ4v) is 3.56. The van der Waals surface area contributed by atoms with Crippen molar-refractivity contribution in [1.82, 2.24) is 10.2 Å². The van der Waals surface area contributed by atoms with E-state index < -0.39 is 0 Å². The van der Waals surface area contributed by atoms with Gasteiger partial charge in [-0.25, -0.2) is 0 Å². The van der Waals surface area contributed by atoms with Gasteiger partial charge in [-0.2, -0.15) is 11.8 Å². The average molecular weight is 228 g/mol. The zero-order valence-corrected chi connectivity index (χ0v) is 10.7. The summed E-state index contributed by atoms with van der Waals surface area (Å²) in [5, 5.41) is 3.76. The molecule has 2 nitrogen and oxygen atoms in total. The Balaban J connectivity index is 1.59. The van der Waals surface area contributed by atoms with Crippen LogP contribution >= 0.6 is 11.8 Å². The van der Waals surface area contributed by atoms with Crippen LogP contribution in [0.4, 0.5) is 0 Å². The van der Waals surface area contributed by atoms with E-state index in [9.17, 15) is 0 Å². The van der Waals surface area contributed by atoms with Gasteiger partial charge in [-0.1, -0.05) is 6.92 Å². The SMILES string of the molecule is CCSCCCNC1CCN2CCCC12. The van der Waals surface area contributed by atoms with Gasteiger partial charge in [-0.3, -0.25) is 4.90 Å². The lowest BCUT2D eigenvalue weighted by molar-refractivity contribution is 0.299. The topological polar surface area (TPSA) is 15.3 Å². The summed E-state index contributed by atoms with van der Waals surface area (Å²) >= 11 is 2.06. The Morgan fingerprint density at radius 2 is 2.27 bits per heavy atom. The standard InChI is InChI=1S/C12H24N2S/c1-2-15-10-4-7-13-11-6-9-14-8-3-5-12(11)14/h11-13H,2-10H2,1H3. The predicted octanol–water partition coefficient (Wildman–Crippen LogP) is 1.96. The van der Waals surface area contributed by atoms with E-state index in [1.54, 1.807) is 0 Å².